The highest BCUT2D eigenvalue weighted by Crippen LogP contribution is 2.32. The van der Waals surface area contributed by atoms with Crippen LogP contribution in [0.3, 0.4) is 0 Å². The van der Waals surface area contributed by atoms with Crippen LogP contribution in [0.4, 0.5) is 0 Å². The number of halogens is 2. The Morgan fingerprint density at radius 3 is 2.78 bits per heavy atom. The van der Waals surface area contributed by atoms with E-state index in [0.29, 0.717) is 6.54 Å². The highest BCUT2D eigenvalue weighted by atomic mass is 79.9. The molecule has 0 radical (unpaired) electrons. The molecule has 0 unspecified atom stereocenters. The number of Topliss-reactive ketones (excluding diaryl/α,β-unsaturated/α-hetero) is 1. The lowest BCUT2D eigenvalue weighted by Gasteiger charge is -2.14. The van der Waals surface area contributed by atoms with Crippen molar-refractivity contribution in [2.24, 2.45) is 0 Å². The minimum Gasteiger partial charge on any atom is -0.295 e. The van der Waals surface area contributed by atoms with Gasteiger partial charge in [0.25, 0.3) is 0 Å². The summed E-state index contributed by atoms with van der Waals surface area (Å²) in [7, 11) is 1.96. The first-order valence-electron chi connectivity index (χ1n) is 5.24. The van der Waals surface area contributed by atoms with Crippen molar-refractivity contribution in [3.8, 4) is 0 Å². The lowest BCUT2D eigenvalue weighted by atomic mass is 10.2. The summed E-state index contributed by atoms with van der Waals surface area (Å²) >= 11 is 10.0. The van der Waals surface area contributed by atoms with Crippen LogP contribution >= 0.6 is 54.5 Å². The van der Waals surface area contributed by atoms with Gasteiger partial charge in [-0.1, -0.05) is 0 Å². The second kappa shape index (κ2) is 6.43. The normalized spacial score (nSPS) is 11.1. The van der Waals surface area contributed by atoms with Gasteiger partial charge in [-0.2, -0.15) is 11.3 Å². The number of rotatable bonds is 5. The monoisotopic (exact) mass is 407 g/mol. The lowest BCUT2D eigenvalue weighted by molar-refractivity contribution is 0.0943. The van der Waals surface area contributed by atoms with Crippen molar-refractivity contribution >= 4 is 60.3 Å². The third-order valence-corrected chi connectivity index (χ3v) is 5.47. The zero-order valence-corrected chi connectivity index (χ0v) is 14.5. The Bertz CT molecular complexity index is 536. The number of hydrogen-bond acceptors (Lipinski definition) is 4. The van der Waals surface area contributed by atoms with Gasteiger partial charge in [-0.15, -0.1) is 11.3 Å². The van der Waals surface area contributed by atoms with E-state index in [9.17, 15) is 4.79 Å². The van der Waals surface area contributed by atoms with Gasteiger partial charge in [0.05, 0.1) is 14.1 Å². The van der Waals surface area contributed by atoms with E-state index in [1.165, 1.54) is 16.9 Å². The Morgan fingerprint density at radius 2 is 2.22 bits per heavy atom. The standard InChI is InChI=1S/C12H11Br2NOS2/c1-15(5-8-2-3-17-7-8)6-10(16)9-4-11(13)18-12(9)14/h2-4,7H,5-6H2,1H3. The molecule has 0 amide bonds. The van der Waals surface area contributed by atoms with Crippen molar-refractivity contribution in [2.45, 2.75) is 6.54 Å². The molecule has 2 rings (SSSR count). The van der Waals surface area contributed by atoms with Crippen molar-refractivity contribution in [1.82, 2.24) is 4.90 Å². The SMILES string of the molecule is CN(CC(=O)c1cc(Br)sc1Br)Cc1ccsc1. The van der Waals surface area contributed by atoms with Gasteiger partial charge in [-0.05, 0) is 67.4 Å². The quantitative estimate of drug-likeness (QED) is 0.671. The van der Waals surface area contributed by atoms with Crippen molar-refractivity contribution in [2.75, 3.05) is 13.6 Å². The molecule has 0 saturated heterocycles. The molecule has 0 aromatic carbocycles. The van der Waals surface area contributed by atoms with Gasteiger partial charge in [0, 0.05) is 12.1 Å². The molecule has 2 heterocycles. The largest absolute Gasteiger partial charge is 0.295 e. The zero-order chi connectivity index (χ0) is 13.1. The predicted molar refractivity (Wildman–Crippen MR) is 84.7 cm³/mol. The van der Waals surface area contributed by atoms with Crippen LogP contribution < -0.4 is 0 Å². The van der Waals surface area contributed by atoms with Gasteiger partial charge < -0.3 is 0 Å². The van der Waals surface area contributed by atoms with Crippen LogP contribution in [-0.2, 0) is 6.54 Å². The first-order valence-corrected chi connectivity index (χ1v) is 8.58. The Morgan fingerprint density at radius 1 is 1.44 bits per heavy atom. The molecule has 0 saturated carbocycles. The number of likely N-dealkylation sites (N-methyl/N-ethyl adjacent to an activating group) is 1. The second-order valence-electron chi connectivity index (χ2n) is 3.96. The summed E-state index contributed by atoms with van der Waals surface area (Å²) < 4.78 is 1.86. The predicted octanol–water partition coefficient (Wildman–Crippen LogP) is 4.65. The molecule has 0 N–H and O–H groups in total. The van der Waals surface area contributed by atoms with Gasteiger partial charge in [0.1, 0.15) is 0 Å². The Kier molecular flexibility index (Phi) is 5.14. The fourth-order valence-electron chi connectivity index (χ4n) is 1.61. The fraction of sp³-hybridized carbons (Fsp3) is 0.250. The maximum Gasteiger partial charge on any atom is 0.178 e. The molecule has 2 aromatic rings. The molecule has 96 valence electrons. The summed E-state index contributed by atoms with van der Waals surface area (Å²) in [6.45, 7) is 1.23. The van der Waals surface area contributed by atoms with E-state index in [1.807, 2.05) is 18.0 Å². The molecular weight excluding hydrogens is 398 g/mol. The van der Waals surface area contributed by atoms with Gasteiger partial charge in [-0.25, -0.2) is 0 Å². The third-order valence-electron chi connectivity index (χ3n) is 2.40. The number of carbonyl (C=O) groups excluding carboxylic acids is 1. The van der Waals surface area contributed by atoms with Crippen LogP contribution in [-0.4, -0.2) is 24.3 Å². The van der Waals surface area contributed by atoms with Gasteiger partial charge in [0.15, 0.2) is 5.78 Å². The van der Waals surface area contributed by atoms with E-state index in [0.717, 1.165) is 19.7 Å². The average molecular weight is 409 g/mol. The molecule has 0 spiro atoms. The molecule has 0 aliphatic heterocycles. The van der Waals surface area contributed by atoms with Crippen molar-refractivity contribution in [3.05, 3.63) is 41.6 Å². The Hall–Kier alpha value is -0.0100. The number of nitrogens with zero attached hydrogens (tertiary/aromatic N) is 1. The molecular formula is C12H11Br2NOS2. The maximum absolute atomic E-state index is 12.1. The van der Waals surface area contributed by atoms with Crippen LogP contribution in [0.25, 0.3) is 0 Å². The molecule has 6 heteroatoms. The van der Waals surface area contributed by atoms with E-state index in [4.69, 9.17) is 0 Å². The van der Waals surface area contributed by atoms with Gasteiger partial charge >= 0.3 is 0 Å². The molecule has 0 fully saturated rings. The van der Waals surface area contributed by atoms with Crippen LogP contribution in [0.2, 0.25) is 0 Å². The molecule has 0 bridgehead atoms. The number of carbonyl (C=O) groups is 1. The topological polar surface area (TPSA) is 20.3 Å². The van der Waals surface area contributed by atoms with Crippen LogP contribution in [0, 0.1) is 0 Å². The van der Waals surface area contributed by atoms with E-state index in [1.54, 1.807) is 11.3 Å². The van der Waals surface area contributed by atoms with Crippen molar-refractivity contribution in [3.63, 3.8) is 0 Å². The van der Waals surface area contributed by atoms with E-state index >= 15 is 0 Å². The van der Waals surface area contributed by atoms with Crippen molar-refractivity contribution < 1.29 is 4.79 Å². The highest BCUT2D eigenvalue weighted by molar-refractivity contribution is 9.12. The molecule has 2 aromatic heterocycles. The van der Waals surface area contributed by atoms with E-state index < -0.39 is 0 Å². The summed E-state index contributed by atoms with van der Waals surface area (Å²) in [4.78, 5) is 14.2. The summed E-state index contributed by atoms with van der Waals surface area (Å²) in [5.41, 5.74) is 2.00. The number of hydrogen-bond donors (Lipinski definition) is 0. The molecule has 18 heavy (non-hydrogen) atoms. The lowest BCUT2D eigenvalue weighted by Crippen LogP contribution is -2.25. The van der Waals surface area contributed by atoms with Crippen LogP contribution in [0.5, 0.6) is 0 Å². The molecule has 2 nitrogen and oxygen atoms in total. The Labute approximate surface area is 131 Å². The summed E-state index contributed by atoms with van der Waals surface area (Å²) in [6.07, 6.45) is 0. The molecule has 0 atom stereocenters. The second-order valence-corrected chi connectivity index (χ2v) is 8.49. The van der Waals surface area contributed by atoms with Gasteiger partial charge in [0.2, 0.25) is 0 Å². The summed E-state index contributed by atoms with van der Waals surface area (Å²) in [6, 6.07) is 3.96. The maximum atomic E-state index is 12.1. The summed E-state index contributed by atoms with van der Waals surface area (Å²) in [5.74, 6) is 0.140. The first kappa shape index (κ1) is 14.4. The van der Waals surface area contributed by atoms with E-state index in [2.05, 4.69) is 48.7 Å². The number of thiophene rings is 2. The van der Waals surface area contributed by atoms with Crippen LogP contribution in [0.1, 0.15) is 15.9 Å². The fourth-order valence-corrected chi connectivity index (χ4v) is 5.13. The van der Waals surface area contributed by atoms with Gasteiger partial charge in [-0.3, -0.25) is 9.69 Å². The first-order chi connectivity index (χ1) is 8.56. The van der Waals surface area contributed by atoms with Crippen molar-refractivity contribution in [1.29, 1.82) is 0 Å². The zero-order valence-electron chi connectivity index (χ0n) is 9.65. The van der Waals surface area contributed by atoms with E-state index in [-0.39, 0.29) is 5.78 Å². The molecule has 0 aliphatic rings. The third kappa shape index (κ3) is 3.74. The minimum absolute atomic E-state index is 0.140. The highest BCUT2D eigenvalue weighted by Gasteiger charge is 2.15. The smallest absolute Gasteiger partial charge is 0.178 e. The summed E-state index contributed by atoms with van der Waals surface area (Å²) in [5, 5.41) is 4.16. The minimum atomic E-state index is 0.140. The Balaban J connectivity index is 1.97. The van der Waals surface area contributed by atoms with Crippen LogP contribution in [0.15, 0.2) is 30.5 Å². The average Bonchev–Trinajstić information content (AvgIpc) is 2.88. The molecule has 0 aliphatic carbocycles. The number of ketones is 1.